The third-order valence-electron chi connectivity index (χ3n) is 3.18. The van der Waals surface area contributed by atoms with Crippen molar-refractivity contribution in [2.75, 3.05) is 6.61 Å². The first-order valence-electron chi connectivity index (χ1n) is 6.26. The molecule has 2 rings (SSSR count). The van der Waals surface area contributed by atoms with E-state index in [1.807, 2.05) is 0 Å². The van der Waals surface area contributed by atoms with Crippen LogP contribution >= 0.6 is 35.0 Å². The molecule has 1 aromatic rings. The fourth-order valence-electron chi connectivity index (χ4n) is 2.05. The summed E-state index contributed by atoms with van der Waals surface area (Å²) in [5.41, 5.74) is 7.71. The smallest absolute Gasteiger partial charge is 0.134 e. The van der Waals surface area contributed by atoms with E-state index in [2.05, 4.69) is 10.0 Å². The number of azide groups is 1. The van der Waals surface area contributed by atoms with Gasteiger partial charge < -0.3 is 20.1 Å². The van der Waals surface area contributed by atoms with Gasteiger partial charge in [-0.1, -0.05) is 40.1 Å². The molecule has 1 heterocycles. The summed E-state index contributed by atoms with van der Waals surface area (Å²) in [6.07, 6.45) is -3.49. The number of nitrogens with zero attached hydrogens (tertiary/aromatic N) is 3. The van der Waals surface area contributed by atoms with Crippen LogP contribution in [0.3, 0.4) is 0 Å². The summed E-state index contributed by atoms with van der Waals surface area (Å²) in [6, 6.07) is 3.78. The zero-order valence-electron chi connectivity index (χ0n) is 11.1. The van der Waals surface area contributed by atoms with Gasteiger partial charge in [-0.2, -0.15) is 0 Å². The highest BCUT2D eigenvalue weighted by Crippen LogP contribution is 2.36. The minimum absolute atomic E-state index is 0.349. The van der Waals surface area contributed by atoms with E-state index in [0.29, 0.717) is 14.9 Å². The van der Waals surface area contributed by atoms with Crippen molar-refractivity contribution in [1.29, 1.82) is 0 Å². The molecule has 1 aromatic carbocycles. The van der Waals surface area contributed by atoms with Crippen molar-refractivity contribution in [3.8, 4) is 0 Å². The Kier molecular flexibility index (Phi) is 6.19. The molecule has 0 unspecified atom stereocenters. The number of halogens is 2. The van der Waals surface area contributed by atoms with Gasteiger partial charge in [0.1, 0.15) is 17.6 Å². The maximum Gasteiger partial charge on any atom is 0.134 e. The van der Waals surface area contributed by atoms with Gasteiger partial charge in [-0.25, -0.2) is 0 Å². The average Bonchev–Trinajstić information content (AvgIpc) is 2.50. The number of aliphatic hydroxyl groups excluding tert-OH is 3. The Bertz CT molecular complexity index is 587. The number of hydrogen-bond acceptors (Lipinski definition) is 6. The molecule has 22 heavy (non-hydrogen) atoms. The first-order valence-corrected chi connectivity index (χ1v) is 7.90. The number of aliphatic hydroxyl groups is 3. The maximum atomic E-state index is 10.2. The van der Waals surface area contributed by atoms with Crippen molar-refractivity contribution in [1.82, 2.24) is 0 Å². The minimum atomic E-state index is -1.29. The van der Waals surface area contributed by atoms with Gasteiger partial charge in [0.05, 0.1) is 28.8 Å². The molecule has 3 N–H and O–H groups in total. The SMILES string of the molecule is [N-]=[N+]=N[C@H]1[C@@H](O)[C@@H](CO)O[C@@H](Sc2ccc(Cl)c(Cl)c2)[C@@H]1O. The van der Waals surface area contributed by atoms with Crippen LogP contribution in [0.2, 0.25) is 10.0 Å². The van der Waals surface area contributed by atoms with E-state index < -0.39 is 36.4 Å². The van der Waals surface area contributed by atoms with Crippen molar-refractivity contribution < 1.29 is 20.1 Å². The molecule has 120 valence electrons. The van der Waals surface area contributed by atoms with Gasteiger partial charge in [0.15, 0.2) is 0 Å². The largest absolute Gasteiger partial charge is 0.394 e. The predicted molar refractivity (Wildman–Crippen MR) is 83.0 cm³/mol. The van der Waals surface area contributed by atoms with E-state index >= 15 is 0 Å². The van der Waals surface area contributed by atoms with E-state index in [0.717, 1.165) is 11.8 Å². The number of hydrogen-bond donors (Lipinski definition) is 3. The summed E-state index contributed by atoms with van der Waals surface area (Å²) < 4.78 is 5.46. The molecular weight excluding hydrogens is 353 g/mol. The van der Waals surface area contributed by atoms with Crippen molar-refractivity contribution in [2.45, 2.75) is 34.7 Å². The molecule has 0 amide bonds. The summed E-state index contributed by atoms with van der Waals surface area (Å²) >= 11 is 12.9. The lowest BCUT2D eigenvalue weighted by molar-refractivity contribution is -0.159. The Balaban J connectivity index is 2.21. The molecule has 1 saturated heterocycles. The van der Waals surface area contributed by atoms with Gasteiger partial charge in [0, 0.05) is 9.81 Å². The lowest BCUT2D eigenvalue weighted by Gasteiger charge is -2.40. The van der Waals surface area contributed by atoms with Crippen LogP contribution in [0, 0.1) is 0 Å². The molecule has 7 nitrogen and oxygen atoms in total. The molecule has 10 heteroatoms. The summed E-state index contributed by atoms with van der Waals surface area (Å²) in [5, 5.41) is 33.5. The monoisotopic (exact) mass is 365 g/mol. The van der Waals surface area contributed by atoms with E-state index in [-0.39, 0.29) is 0 Å². The Morgan fingerprint density at radius 3 is 2.59 bits per heavy atom. The first-order chi connectivity index (χ1) is 10.5. The summed E-state index contributed by atoms with van der Waals surface area (Å²) in [6.45, 7) is -0.468. The summed E-state index contributed by atoms with van der Waals surface area (Å²) in [5.74, 6) is 0. The van der Waals surface area contributed by atoms with Crippen LogP contribution in [0.4, 0.5) is 0 Å². The zero-order valence-corrected chi connectivity index (χ0v) is 13.4. The quantitative estimate of drug-likeness (QED) is 0.429. The van der Waals surface area contributed by atoms with E-state index in [1.54, 1.807) is 18.2 Å². The Labute approximate surface area is 140 Å². The third-order valence-corrected chi connectivity index (χ3v) is 5.06. The fraction of sp³-hybridized carbons (Fsp3) is 0.500. The summed E-state index contributed by atoms with van der Waals surface area (Å²) in [7, 11) is 0. The highest BCUT2D eigenvalue weighted by molar-refractivity contribution is 7.99. The second kappa shape index (κ2) is 7.72. The number of thioether (sulfide) groups is 1. The van der Waals surface area contributed by atoms with Crippen molar-refractivity contribution in [3.63, 3.8) is 0 Å². The molecule has 1 fully saturated rings. The van der Waals surface area contributed by atoms with Crippen LogP contribution in [-0.2, 0) is 4.74 Å². The Morgan fingerprint density at radius 1 is 1.27 bits per heavy atom. The van der Waals surface area contributed by atoms with Crippen LogP contribution in [0.5, 0.6) is 0 Å². The Morgan fingerprint density at radius 2 is 2.00 bits per heavy atom. The van der Waals surface area contributed by atoms with Crippen LogP contribution < -0.4 is 0 Å². The van der Waals surface area contributed by atoms with Gasteiger partial charge in [-0.3, -0.25) is 0 Å². The van der Waals surface area contributed by atoms with E-state index in [1.165, 1.54) is 0 Å². The molecular formula is C12H13Cl2N3O4S. The molecule has 0 aromatic heterocycles. The Hall–Kier alpha value is -0.700. The lowest BCUT2D eigenvalue weighted by atomic mass is 9.98. The molecule has 1 aliphatic rings. The van der Waals surface area contributed by atoms with E-state index in [4.69, 9.17) is 33.5 Å². The van der Waals surface area contributed by atoms with Crippen molar-refractivity contribution in [2.24, 2.45) is 5.11 Å². The second-order valence-electron chi connectivity index (χ2n) is 4.60. The number of ether oxygens (including phenoxy) is 1. The zero-order chi connectivity index (χ0) is 16.3. The fourth-order valence-corrected chi connectivity index (χ4v) is 3.51. The molecule has 0 radical (unpaired) electrons. The molecule has 0 saturated carbocycles. The van der Waals surface area contributed by atoms with Crippen LogP contribution in [0.1, 0.15) is 0 Å². The normalized spacial score (nSPS) is 31.6. The van der Waals surface area contributed by atoms with Crippen LogP contribution in [-0.4, -0.2) is 51.7 Å². The molecule has 1 aliphatic heterocycles. The molecule has 0 bridgehead atoms. The number of rotatable bonds is 4. The molecule has 0 spiro atoms. The molecule has 0 aliphatic carbocycles. The van der Waals surface area contributed by atoms with Gasteiger partial charge in [-0.05, 0) is 23.7 Å². The van der Waals surface area contributed by atoms with Gasteiger partial charge >= 0.3 is 0 Å². The minimum Gasteiger partial charge on any atom is -0.394 e. The topological polar surface area (TPSA) is 119 Å². The highest BCUT2D eigenvalue weighted by Gasteiger charge is 2.44. The van der Waals surface area contributed by atoms with Crippen molar-refractivity contribution in [3.05, 3.63) is 38.7 Å². The van der Waals surface area contributed by atoms with E-state index in [9.17, 15) is 15.3 Å². The molecule has 5 atom stereocenters. The lowest BCUT2D eigenvalue weighted by Crippen LogP contribution is -2.56. The summed E-state index contributed by atoms with van der Waals surface area (Å²) in [4.78, 5) is 3.29. The average molecular weight is 366 g/mol. The van der Waals surface area contributed by atoms with Crippen molar-refractivity contribution >= 4 is 35.0 Å². The van der Waals surface area contributed by atoms with Gasteiger partial charge in [0.2, 0.25) is 0 Å². The van der Waals surface area contributed by atoms with Gasteiger partial charge in [0.25, 0.3) is 0 Å². The first kappa shape index (κ1) is 17.7. The maximum absolute atomic E-state index is 10.2. The van der Waals surface area contributed by atoms with Gasteiger partial charge in [-0.15, -0.1) is 0 Å². The standard InChI is InChI=1S/C12H13Cl2N3O4S/c13-6-2-1-5(3-7(6)14)22-12-11(20)9(16-17-15)10(19)8(4-18)21-12/h1-3,8-12,18-20H,4H2/t8-,9+,10+,11-,12+/m1/s1. The second-order valence-corrected chi connectivity index (χ2v) is 6.58. The number of benzene rings is 1. The third kappa shape index (κ3) is 3.79. The predicted octanol–water partition coefficient (Wildman–Crippen LogP) is 2.20. The highest BCUT2D eigenvalue weighted by atomic mass is 35.5. The van der Waals surface area contributed by atoms with Crippen LogP contribution in [0.25, 0.3) is 10.4 Å². The van der Waals surface area contributed by atoms with Crippen LogP contribution in [0.15, 0.2) is 28.2 Å².